The zero-order chi connectivity index (χ0) is 27.8. The molecule has 0 aromatic carbocycles. The van der Waals surface area contributed by atoms with Gasteiger partial charge in [-0.25, -0.2) is 0 Å². The van der Waals surface area contributed by atoms with Gasteiger partial charge in [0.15, 0.2) is 0 Å². The number of hydrogen-bond donors (Lipinski definition) is 10. The molecule has 0 spiro atoms. The maximum Gasteiger partial charge on any atom is 0.237 e. The number of carbonyl (C=O) groups excluding carboxylic acids is 2. The summed E-state index contributed by atoms with van der Waals surface area (Å²) in [5.41, 5.74) is 27.1. The lowest BCUT2D eigenvalue weighted by atomic mass is 10.1. The van der Waals surface area contributed by atoms with E-state index < -0.39 is 0 Å². The van der Waals surface area contributed by atoms with Crippen LogP contribution >= 0.6 is 0 Å². The van der Waals surface area contributed by atoms with Gasteiger partial charge in [0.2, 0.25) is 5.91 Å². The van der Waals surface area contributed by atoms with Crippen molar-refractivity contribution in [2.75, 3.05) is 78.5 Å². The molecule has 0 saturated carbocycles. The van der Waals surface area contributed by atoms with Crippen LogP contribution < -0.4 is 55.3 Å². The SMILES string of the molecule is NCCCNCCCC(C=O)NCCCN.NCCCNCCCC(NCCCN)C(=O)NCCCN. The third-order valence-corrected chi connectivity index (χ3v) is 5.55. The minimum Gasteiger partial charge on any atom is -0.355 e. The third-order valence-electron chi connectivity index (χ3n) is 5.55. The Morgan fingerprint density at radius 3 is 1.51 bits per heavy atom. The van der Waals surface area contributed by atoms with E-state index in [0.29, 0.717) is 32.7 Å². The zero-order valence-corrected chi connectivity index (χ0v) is 23.3. The molecule has 0 rings (SSSR count). The molecule has 0 radical (unpaired) electrons. The average molecular weight is 533 g/mol. The van der Waals surface area contributed by atoms with Gasteiger partial charge in [0, 0.05) is 6.54 Å². The van der Waals surface area contributed by atoms with E-state index in [0.717, 1.165) is 110 Å². The minimum absolute atomic E-state index is 0.0251. The highest BCUT2D eigenvalue weighted by Gasteiger charge is 2.16. The number of nitrogens with two attached hydrogens (primary N) is 5. The lowest BCUT2D eigenvalue weighted by Crippen LogP contribution is -2.45. The lowest BCUT2D eigenvalue weighted by molar-refractivity contribution is -0.123. The third kappa shape index (κ3) is 29.2. The summed E-state index contributed by atoms with van der Waals surface area (Å²) >= 11 is 0. The van der Waals surface area contributed by atoms with E-state index in [2.05, 4.69) is 26.6 Å². The maximum atomic E-state index is 12.1. The first-order valence-corrected chi connectivity index (χ1v) is 14.2. The average Bonchev–Trinajstić information content (AvgIpc) is 2.91. The van der Waals surface area contributed by atoms with Crippen molar-refractivity contribution in [1.29, 1.82) is 0 Å². The molecule has 0 fully saturated rings. The van der Waals surface area contributed by atoms with E-state index >= 15 is 0 Å². The van der Waals surface area contributed by atoms with Crippen molar-refractivity contribution in [1.82, 2.24) is 26.6 Å². The molecular weight excluding hydrogens is 472 g/mol. The largest absolute Gasteiger partial charge is 0.355 e. The topological polar surface area (TPSA) is 224 Å². The quantitative estimate of drug-likeness (QED) is 0.0399. The Kier molecular flexibility index (Phi) is 33.6. The van der Waals surface area contributed by atoms with Crippen molar-refractivity contribution in [3.05, 3.63) is 0 Å². The van der Waals surface area contributed by atoms with Crippen molar-refractivity contribution in [2.24, 2.45) is 28.7 Å². The Bertz CT molecular complexity index is 475. The zero-order valence-electron chi connectivity index (χ0n) is 23.3. The molecule has 0 aromatic heterocycles. The summed E-state index contributed by atoms with van der Waals surface area (Å²) in [5.74, 6) is 0.0578. The van der Waals surface area contributed by atoms with Crippen LogP contribution in [0.2, 0.25) is 0 Å². The first-order chi connectivity index (χ1) is 18.1. The summed E-state index contributed by atoms with van der Waals surface area (Å²) in [5, 5.41) is 16.0. The normalized spacial score (nSPS) is 12.5. The number of hydrogen-bond acceptors (Lipinski definition) is 11. The van der Waals surface area contributed by atoms with Gasteiger partial charge in [0.05, 0.1) is 12.1 Å². The number of amides is 1. The van der Waals surface area contributed by atoms with E-state index in [9.17, 15) is 9.59 Å². The fourth-order valence-electron chi connectivity index (χ4n) is 3.33. The van der Waals surface area contributed by atoms with Gasteiger partial charge >= 0.3 is 0 Å². The molecule has 0 heterocycles. The van der Waals surface area contributed by atoms with Crippen molar-refractivity contribution in [2.45, 2.75) is 69.9 Å². The number of aldehydes is 1. The molecule has 0 saturated heterocycles. The molecular formula is C25H60N10O2. The molecule has 0 aliphatic carbocycles. The number of rotatable bonds is 27. The first kappa shape index (κ1) is 37.9. The van der Waals surface area contributed by atoms with Gasteiger partial charge < -0.3 is 60.0 Å². The van der Waals surface area contributed by atoms with Crippen LogP contribution in [0, 0.1) is 0 Å². The van der Waals surface area contributed by atoms with Gasteiger partial charge in [-0.2, -0.15) is 0 Å². The predicted molar refractivity (Wildman–Crippen MR) is 155 cm³/mol. The molecule has 12 nitrogen and oxygen atoms in total. The first-order valence-electron chi connectivity index (χ1n) is 14.2. The molecule has 222 valence electrons. The minimum atomic E-state index is -0.148. The van der Waals surface area contributed by atoms with E-state index in [4.69, 9.17) is 28.7 Å². The van der Waals surface area contributed by atoms with Gasteiger partial charge in [-0.15, -0.1) is 0 Å². The Morgan fingerprint density at radius 1 is 0.568 bits per heavy atom. The molecule has 2 atom stereocenters. The highest BCUT2D eigenvalue weighted by Crippen LogP contribution is 1.98. The van der Waals surface area contributed by atoms with Gasteiger partial charge in [0.1, 0.15) is 6.29 Å². The predicted octanol–water partition coefficient (Wildman–Crippen LogP) is -2.31. The van der Waals surface area contributed by atoms with Crippen LogP contribution in [0.1, 0.15) is 57.8 Å². The molecule has 1 amide bonds. The summed E-state index contributed by atoms with van der Waals surface area (Å²) < 4.78 is 0. The molecule has 12 heteroatoms. The van der Waals surface area contributed by atoms with Gasteiger partial charge in [-0.1, -0.05) is 0 Å². The highest BCUT2D eigenvalue weighted by molar-refractivity contribution is 5.81. The fraction of sp³-hybridized carbons (Fsp3) is 0.920. The van der Waals surface area contributed by atoms with Gasteiger partial charge in [0.25, 0.3) is 0 Å². The van der Waals surface area contributed by atoms with Crippen molar-refractivity contribution in [3.63, 3.8) is 0 Å². The van der Waals surface area contributed by atoms with Crippen LogP contribution in [-0.4, -0.2) is 103 Å². The monoisotopic (exact) mass is 532 g/mol. The summed E-state index contributed by atoms with van der Waals surface area (Å²) in [6.07, 6.45) is 9.22. The molecule has 0 aromatic rings. The standard InChI is InChI=1S/C14H34N6O.C11H26N4O/c15-6-2-10-18-9-1-5-13(19-11-3-7-16)14(21)20-12-4-8-17;12-5-2-8-14-7-1-4-11(10-16)15-9-3-6-13/h13,18-19H,1-12,15-17H2,(H,20,21);10-11,14-15H,1-9,12-13H2. The maximum absolute atomic E-state index is 12.1. The number of nitrogens with one attached hydrogen (secondary N) is 5. The van der Waals surface area contributed by atoms with Crippen LogP contribution in [0.4, 0.5) is 0 Å². The summed E-state index contributed by atoms with van der Waals surface area (Å²) in [6.45, 7) is 9.31. The molecule has 0 aliphatic rings. The van der Waals surface area contributed by atoms with Crippen molar-refractivity contribution in [3.8, 4) is 0 Å². The van der Waals surface area contributed by atoms with Gasteiger partial charge in [-0.3, -0.25) is 4.79 Å². The highest BCUT2D eigenvalue weighted by atomic mass is 16.2. The summed E-state index contributed by atoms with van der Waals surface area (Å²) in [6, 6.07) is -0.173. The van der Waals surface area contributed by atoms with Crippen molar-refractivity contribution < 1.29 is 9.59 Å². The van der Waals surface area contributed by atoms with E-state index in [1.54, 1.807) is 0 Å². The van der Waals surface area contributed by atoms with E-state index in [1.807, 2.05) is 0 Å². The van der Waals surface area contributed by atoms with E-state index in [1.165, 1.54) is 0 Å². The van der Waals surface area contributed by atoms with Crippen molar-refractivity contribution >= 4 is 12.2 Å². The Hall–Kier alpha value is -1.22. The molecule has 37 heavy (non-hydrogen) atoms. The molecule has 0 bridgehead atoms. The van der Waals surface area contributed by atoms with Crippen LogP contribution in [0.3, 0.4) is 0 Å². The van der Waals surface area contributed by atoms with Crippen LogP contribution in [0.25, 0.3) is 0 Å². The van der Waals surface area contributed by atoms with Crippen LogP contribution in [0.5, 0.6) is 0 Å². The lowest BCUT2D eigenvalue weighted by Gasteiger charge is -2.18. The smallest absolute Gasteiger partial charge is 0.237 e. The second kappa shape index (κ2) is 32.8. The summed E-state index contributed by atoms with van der Waals surface area (Å²) in [7, 11) is 0. The molecule has 0 aliphatic heterocycles. The Morgan fingerprint density at radius 2 is 1.00 bits per heavy atom. The van der Waals surface area contributed by atoms with Crippen LogP contribution in [-0.2, 0) is 9.59 Å². The van der Waals surface area contributed by atoms with Gasteiger partial charge in [-0.05, 0) is 130 Å². The second-order valence-electron chi connectivity index (χ2n) is 8.99. The summed E-state index contributed by atoms with van der Waals surface area (Å²) in [4.78, 5) is 22.8. The van der Waals surface area contributed by atoms with Crippen LogP contribution in [0.15, 0.2) is 0 Å². The number of carbonyl (C=O) groups is 2. The fourth-order valence-corrected chi connectivity index (χ4v) is 3.33. The molecule has 15 N–H and O–H groups in total. The second-order valence-corrected chi connectivity index (χ2v) is 8.99. The van der Waals surface area contributed by atoms with E-state index in [-0.39, 0.29) is 18.0 Å². The Balaban J connectivity index is 0. The Labute approximate surface area is 225 Å². The molecule has 2 unspecified atom stereocenters.